The zero-order chi connectivity index (χ0) is 16.2. The molecule has 8 heteroatoms. The third kappa shape index (κ3) is 4.34. The Morgan fingerprint density at radius 3 is 3.08 bits per heavy atom. The Bertz CT molecular complexity index is 644. The van der Waals surface area contributed by atoms with Gasteiger partial charge >= 0.3 is 0 Å². The number of aromatic nitrogens is 2. The molecule has 0 aliphatic carbocycles. The van der Waals surface area contributed by atoms with Gasteiger partial charge in [-0.25, -0.2) is 0 Å². The zero-order valence-electron chi connectivity index (χ0n) is 13.7. The highest BCUT2D eigenvalue weighted by Crippen LogP contribution is 2.23. The molecular formula is C16H23ClN4O2S. The summed E-state index contributed by atoms with van der Waals surface area (Å²) in [6.07, 6.45) is 4.04. The molecule has 0 bridgehead atoms. The summed E-state index contributed by atoms with van der Waals surface area (Å²) in [4.78, 5) is 19.8. The number of likely N-dealkylation sites (tertiary alicyclic amines) is 1. The van der Waals surface area contributed by atoms with Gasteiger partial charge in [0.2, 0.25) is 17.6 Å². The lowest BCUT2D eigenvalue weighted by Crippen LogP contribution is -2.51. The van der Waals surface area contributed by atoms with Crippen molar-refractivity contribution in [2.24, 2.45) is 5.73 Å². The molecule has 1 amide bonds. The van der Waals surface area contributed by atoms with Crippen molar-refractivity contribution in [2.45, 2.75) is 51.1 Å². The van der Waals surface area contributed by atoms with Crippen LogP contribution >= 0.6 is 23.7 Å². The summed E-state index contributed by atoms with van der Waals surface area (Å²) >= 11 is 1.57. The molecule has 2 aromatic rings. The van der Waals surface area contributed by atoms with E-state index < -0.39 is 0 Å². The summed E-state index contributed by atoms with van der Waals surface area (Å²) in [5.74, 6) is 1.23. The molecule has 1 fully saturated rings. The standard InChI is InChI=1S/C16H22N4O2S.ClH/c1-11(17)12-5-2-3-9-20(12)15(21)8-7-14-18-16(19-22-14)13-6-4-10-23-13;/h4,6,10-12H,2-3,5,7-9,17H2,1H3;1H. The Morgan fingerprint density at radius 1 is 1.54 bits per heavy atom. The van der Waals surface area contributed by atoms with E-state index in [2.05, 4.69) is 10.1 Å². The molecule has 0 spiro atoms. The molecule has 3 rings (SSSR count). The van der Waals surface area contributed by atoms with Gasteiger partial charge in [-0.3, -0.25) is 4.79 Å². The molecule has 1 aliphatic rings. The molecule has 1 saturated heterocycles. The van der Waals surface area contributed by atoms with Crippen LogP contribution in [0.1, 0.15) is 38.5 Å². The first kappa shape index (κ1) is 18.9. The van der Waals surface area contributed by atoms with Crippen LogP contribution in [-0.4, -0.2) is 39.6 Å². The number of carbonyl (C=O) groups is 1. The molecule has 24 heavy (non-hydrogen) atoms. The van der Waals surface area contributed by atoms with Gasteiger partial charge in [0, 0.05) is 31.5 Å². The molecule has 2 unspecified atom stereocenters. The summed E-state index contributed by atoms with van der Waals surface area (Å²) in [6.45, 7) is 2.77. The van der Waals surface area contributed by atoms with E-state index in [1.54, 1.807) is 11.3 Å². The van der Waals surface area contributed by atoms with Crippen LogP contribution in [0.4, 0.5) is 0 Å². The molecule has 2 aromatic heterocycles. The fourth-order valence-electron chi connectivity index (χ4n) is 3.03. The lowest BCUT2D eigenvalue weighted by Gasteiger charge is -2.38. The number of hydrogen-bond donors (Lipinski definition) is 1. The molecule has 2 atom stereocenters. The third-order valence-corrected chi connectivity index (χ3v) is 5.10. The van der Waals surface area contributed by atoms with Crippen LogP contribution in [0.2, 0.25) is 0 Å². The van der Waals surface area contributed by atoms with Gasteiger partial charge in [-0.1, -0.05) is 11.2 Å². The molecule has 3 heterocycles. The predicted octanol–water partition coefficient (Wildman–Crippen LogP) is 2.88. The van der Waals surface area contributed by atoms with Crippen molar-refractivity contribution in [3.05, 3.63) is 23.4 Å². The average molecular weight is 371 g/mol. The molecule has 0 aromatic carbocycles. The second-order valence-electron chi connectivity index (χ2n) is 6.00. The van der Waals surface area contributed by atoms with Crippen molar-refractivity contribution in [3.63, 3.8) is 0 Å². The van der Waals surface area contributed by atoms with Crippen LogP contribution in [0.3, 0.4) is 0 Å². The first-order chi connectivity index (χ1) is 11.1. The van der Waals surface area contributed by atoms with Crippen molar-refractivity contribution >= 4 is 29.7 Å². The number of nitrogens with two attached hydrogens (primary N) is 1. The maximum absolute atomic E-state index is 12.5. The van der Waals surface area contributed by atoms with Crippen molar-refractivity contribution in [3.8, 4) is 10.7 Å². The number of piperidine rings is 1. The number of aryl methyl sites for hydroxylation is 1. The maximum Gasteiger partial charge on any atom is 0.227 e. The highest BCUT2D eigenvalue weighted by molar-refractivity contribution is 7.13. The van der Waals surface area contributed by atoms with Crippen molar-refractivity contribution in [1.82, 2.24) is 15.0 Å². The minimum atomic E-state index is 0. The Kier molecular flexibility index (Phi) is 6.77. The van der Waals surface area contributed by atoms with Gasteiger partial charge in [0.25, 0.3) is 0 Å². The topological polar surface area (TPSA) is 85.2 Å². The lowest BCUT2D eigenvalue weighted by atomic mass is 9.96. The van der Waals surface area contributed by atoms with E-state index >= 15 is 0 Å². The number of carbonyl (C=O) groups excluding carboxylic acids is 1. The van der Waals surface area contributed by atoms with Crippen LogP contribution in [0.5, 0.6) is 0 Å². The molecular weight excluding hydrogens is 348 g/mol. The molecule has 6 nitrogen and oxygen atoms in total. The Morgan fingerprint density at radius 2 is 2.38 bits per heavy atom. The number of rotatable bonds is 5. The van der Waals surface area contributed by atoms with E-state index in [0.29, 0.717) is 24.6 Å². The lowest BCUT2D eigenvalue weighted by molar-refractivity contribution is -0.135. The SMILES string of the molecule is CC(N)C1CCCCN1C(=O)CCc1nc(-c2cccs2)no1.Cl. The van der Waals surface area contributed by atoms with Crippen LogP contribution in [0.25, 0.3) is 10.7 Å². The summed E-state index contributed by atoms with van der Waals surface area (Å²) < 4.78 is 5.25. The molecule has 132 valence electrons. The zero-order valence-corrected chi connectivity index (χ0v) is 15.3. The number of halogens is 1. The molecule has 1 aliphatic heterocycles. The van der Waals surface area contributed by atoms with Gasteiger partial charge in [-0.2, -0.15) is 4.98 Å². The fourth-order valence-corrected chi connectivity index (χ4v) is 3.68. The fraction of sp³-hybridized carbons (Fsp3) is 0.562. The van der Waals surface area contributed by atoms with Crippen LogP contribution < -0.4 is 5.73 Å². The second-order valence-corrected chi connectivity index (χ2v) is 6.95. The monoisotopic (exact) mass is 370 g/mol. The largest absolute Gasteiger partial charge is 0.339 e. The Labute approximate surface area is 151 Å². The van der Waals surface area contributed by atoms with Crippen molar-refractivity contribution < 1.29 is 9.32 Å². The van der Waals surface area contributed by atoms with Gasteiger partial charge in [0.05, 0.1) is 4.88 Å². The summed E-state index contributed by atoms with van der Waals surface area (Å²) in [6, 6.07) is 4.06. The smallest absolute Gasteiger partial charge is 0.227 e. The highest BCUT2D eigenvalue weighted by Gasteiger charge is 2.29. The van der Waals surface area contributed by atoms with Crippen molar-refractivity contribution in [2.75, 3.05) is 6.54 Å². The van der Waals surface area contributed by atoms with E-state index in [-0.39, 0.29) is 30.4 Å². The third-order valence-electron chi connectivity index (χ3n) is 4.24. The van der Waals surface area contributed by atoms with Gasteiger partial charge < -0.3 is 15.2 Å². The van der Waals surface area contributed by atoms with Gasteiger partial charge in [0.15, 0.2) is 0 Å². The maximum atomic E-state index is 12.5. The van der Waals surface area contributed by atoms with Crippen molar-refractivity contribution in [1.29, 1.82) is 0 Å². The van der Waals surface area contributed by atoms with Gasteiger partial charge in [-0.15, -0.1) is 23.7 Å². The van der Waals surface area contributed by atoms with Crippen LogP contribution in [-0.2, 0) is 11.2 Å². The minimum Gasteiger partial charge on any atom is -0.339 e. The Hall–Kier alpha value is -1.44. The average Bonchev–Trinajstić information content (AvgIpc) is 3.23. The summed E-state index contributed by atoms with van der Waals surface area (Å²) in [5, 5.41) is 5.94. The predicted molar refractivity (Wildman–Crippen MR) is 96.2 cm³/mol. The summed E-state index contributed by atoms with van der Waals surface area (Å²) in [7, 11) is 0. The number of amides is 1. The molecule has 0 radical (unpaired) electrons. The quantitative estimate of drug-likeness (QED) is 0.874. The van der Waals surface area contributed by atoms with Crippen LogP contribution in [0, 0.1) is 0 Å². The molecule has 0 saturated carbocycles. The number of thiophene rings is 1. The van der Waals surface area contributed by atoms with Gasteiger partial charge in [-0.05, 0) is 37.6 Å². The second kappa shape index (κ2) is 8.60. The van der Waals surface area contributed by atoms with Gasteiger partial charge in [0.1, 0.15) is 0 Å². The molecule has 2 N–H and O–H groups in total. The first-order valence-electron chi connectivity index (χ1n) is 8.06. The number of hydrogen-bond acceptors (Lipinski definition) is 6. The van der Waals surface area contributed by atoms with E-state index in [0.717, 1.165) is 30.7 Å². The first-order valence-corrected chi connectivity index (χ1v) is 8.94. The van der Waals surface area contributed by atoms with E-state index in [9.17, 15) is 4.79 Å². The summed E-state index contributed by atoms with van der Waals surface area (Å²) in [5.41, 5.74) is 6.03. The van der Waals surface area contributed by atoms with E-state index in [1.807, 2.05) is 29.3 Å². The van der Waals surface area contributed by atoms with E-state index in [1.165, 1.54) is 0 Å². The normalized spacial score (nSPS) is 18.9. The number of nitrogens with zero attached hydrogens (tertiary/aromatic N) is 3. The highest BCUT2D eigenvalue weighted by atomic mass is 35.5. The van der Waals surface area contributed by atoms with Crippen LogP contribution in [0.15, 0.2) is 22.0 Å². The Balaban J connectivity index is 0.00000208. The van der Waals surface area contributed by atoms with E-state index in [4.69, 9.17) is 10.3 Å². The minimum absolute atomic E-state index is 0.